The van der Waals surface area contributed by atoms with Crippen molar-refractivity contribution < 1.29 is 18.8 Å². The minimum Gasteiger partial charge on any atom is -0.467 e. The highest BCUT2D eigenvalue weighted by molar-refractivity contribution is 5.98. The van der Waals surface area contributed by atoms with Gasteiger partial charge in [-0.3, -0.25) is 14.4 Å². The molecule has 2 heterocycles. The highest BCUT2D eigenvalue weighted by Gasteiger charge is 2.34. The SMILES string of the molecule is Cc1cccc(C(=O)NC(C(=O)NCc2ccco2)C2CCN(C(=O)c3cccc(C)c3)CC2)c1. The Balaban J connectivity index is 1.44. The molecule has 0 aliphatic carbocycles. The molecule has 0 radical (unpaired) electrons. The van der Waals surface area contributed by atoms with Crippen molar-refractivity contribution in [3.63, 3.8) is 0 Å². The molecule has 3 aromatic rings. The third-order valence-electron chi connectivity index (χ3n) is 6.43. The summed E-state index contributed by atoms with van der Waals surface area (Å²) in [7, 11) is 0. The zero-order valence-corrected chi connectivity index (χ0v) is 20.1. The van der Waals surface area contributed by atoms with Gasteiger partial charge in [-0.2, -0.15) is 0 Å². The molecule has 1 aliphatic rings. The van der Waals surface area contributed by atoms with Gasteiger partial charge in [-0.25, -0.2) is 0 Å². The Morgan fingerprint density at radius 1 is 0.943 bits per heavy atom. The number of piperidine rings is 1. The lowest BCUT2D eigenvalue weighted by Gasteiger charge is -2.36. The molecule has 1 aromatic heterocycles. The van der Waals surface area contributed by atoms with Crippen LogP contribution in [0.3, 0.4) is 0 Å². The van der Waals surface area contributed by atoms with Gasteiger partial charge in [0, 0.05) is 24.2 Å². The van der Waals surface area contributed by atoms with Crippen LogP contribution in [0.15, 0.2) is 71.3 Å². The maximum atomic E-state index is 13.2. The van der Waals surface area contributed by atoms with Gasteiger partial charge in [0.05, 0.1) is 12.8 Å². The lowest BCUT2D eigenvalue weighted by molar-refractivity contribution is -0.124. The number of benzene rings is 2. The fraction of sp³-hybridized carbons (Fsp3) is 0.321. The highest BCUT2D eigenvalue weighted by atomic mass is 16.3. The van der Waals surface area contributed by atoms with Crippen molar-refractivity contribution in [2.45, 2.75) is 39.3 Å². The summed E-state index contributed by atoms with van der Waals surface area (Å²) in [5.74, 6) is -0.00616. The Morgan fingerprint density at radius 2 is 1.60 bits per heavy atom. The summed E-state index contributed by atoms with van der Waals surface area (Å²) in [6, 6.07) is 17.7. The summed E-state index contributed by atoms with van der Waals surface area (Å²) in [4.78, 5) is 41.0. The van der Waals surface area contributed by atoms with Crippen molar-refractivity contribution in [3.8, 4) is 0 Å². The quantitative estimate of drug-likeness (QED) is 0.545. The smallest absolute Gasteiger partial charge is 0.253 e. The lowest BCUT2D eigenvalue weighted by Crippen LogP contribution is -2.53. The van der Waals surface area contributed by atoms with Gasteiger partial charge in [0.1, 0.15) is 11.8 Å². The third-order valence-corrected chi connectivity index (χ3v) is 6.43. The van der Waals surface area contributed by atoms with E-state index >= 15 is 0 Å². The molecule has 1 fully saturated rings. The highest BCUT2D eigenvalue weighted by Crippen LogP contribution is 2.23. The largest absolute Gasteiger partial charge is 0.467 e. The Bertz CT molecular complexity index is 1180. The van der Waals surface area contributed by atoms with Gasteiger partial charge in [-0.1, -0.05) is 35.4 Å². The summed E-state index contributed by atoms with van der Waals surface area (Å²) in [6.07, 6.45) is 2.79. The first-order valence-corrected chi connectivity index (χ1v) is 11.9. The second-order valence-corrected chi connectivity index (χ2v) is 9.12. The van der Waals surface area contributed by atoms with Gasteiger partial charge < -0.3 is 20.0 Å². The molecular weight excluding hydrogens is 442 g/mol. The number of hydrogen-bond donors (Lipinski definition) is 2. The number of carbonyl (C=O) groups excluding carboxylic acids is 3. The second-order valence-electron chi connectivity index (χ2n) is 9.12. The van der Waals surface area contributed by atoms with Crippen LogP contribution in [0.4, 0.5) is 0 Å². The van der Waals surface area contributed by atoms with E-state index in [9.17, 15) is 14.4 Å². The van der Waals surface area contributed by atoms with E-state index in [2.05, 4.69) is 10.6 Å². The van der Waals surface area contributed by atoms with Crippen molar-refractivity contribution >= 4 is 17.7 Å². The number of nitrogens with zero attached hydrogens (tertiary/aromatic N) is 1. The van der Waals surface area contributed by atoms with Gasteiger partial charge in [0.25, 0.3) is 11.8 Å². The summed E-state index contributed by atoms with van der Waals surface area (Å²) in [6.45, 7) is 5.18. The zero-order chi connectivity index (χ0) is 24.8. The molecule has 4 rings (SSSR count). The van der Waals surface area contributed by atoms with Gasteiger partial charge in [0.2, 0.25) is 5.91 Å². The Kier molecular flexibility index (Phi) is 7.65. The van der Waals surface area contributed by atoms with Crippen LogP contribution < -0.4 is 10.6 Å². The van der Waals surface area contributed by atoms with E-state index < -0.39 is 6.04 Å². The van der Waals surface area contributed by atoms with E-state index in [4.69, 9.17) is 4.42 Å². The number of amides is 3. The lowest BCUT2D eigenvalue weighted by atomic mass is 9.88. The first kappa shape index (κ1) is 24.3. The van der Waals surface area contributed by atoms with Crippen molar-refractivity contribution in [2.24, 2.45) is 5.92 Å². The molecule has 1 atom stereocenters. The number of hydrogen-bond acceptors (Lipinski definition) is 4. The molecule has 1 aliphatic heterocycles. The van der Waals surface area contributed by atoms with Gasteiger partial charge in [-0.15, -0.1) is 0 Å². The summed E-state index contributed by atoms with van der Waals surface area (Å²) in [5.41, 5.74) is 3.20. The molecule has 2 aromatic carbocycles. The maximum absolute atomic E-state index is 13.2. The predicted octanol–water partition coefficient (Wildman–Crippen LogP) is 3.86. The first-order chi connectivity index (χ1) is 16.9. The van der Waals surface area contributed by atoms with E-state index in [0.717, 1.165) is 11.1 Å². The third kappa shape index (κ3) is 6.18. The number of likely N-dealkylation sites (tertiary alicyclic amines) is 1. The minimum absolute atomic E-state index is 0.00485. The van der Waals surface area contributed by atoms with Gasteiger partial charge in [-0.05, 0) is 69.0 Å². The standard InChI is InChI=1S/C28H31N3O4/c1-19-6-3-8-22(16-19)26(32)30-25(27(33)29-18-24-10-5-15-35-24)21-11-13-31(14-12-21)28(34)23-9-4-7-20(2)17-23/h3-10,15-17,21,25H,11-14,18H2,1-2H3,(H,29,33)(H,30,32). The molecule has 1 saturated heterocycles. The average molecular weight is 474 g/mol. The number of nitrogens with one attached hydrogen (secondary N) is 2. The molecule has 3 amide bonds. The Labute approximate surface area is 205 Å². The fourth-order valence-corrected chi connectivity index (χ4v) is 4.50. The second kappa shape index (κ2) is 11.0. The topological polar surface area (TPSA) is 91.7 Å². The van der Waals surface area contributed by atoms with Crippen LogP contribution in [0.2, 0.25) is 0 Å². The normalized spacial score (nSPS) is 14.9. The number of aryl methyl sites for hydroxylation is 2. The average Bonchev–Trinajstić information content (AvgIpc) is 3.39. The monoisotopic (exact) mass is 473 g/mol. The van der Waals surface area contributed by atoms with Gasteiger partial charge >= 0.3 is 0 Å². The molecule has 1 unspecified atom stereocenters. The van der Waals surface area contributed by atoms with Crippen molar-refractivity contribution in [1.82, 2.24) is 15.5 Å². The van der Waals surface area contributed by atoms with Gasteiger partial charge in [0.15, 0.2) is 0 Å². The summed E-state index contributed by atoms with van der Waals surface area (Å²) in [5, 5.41) is 5.85. The molecule has 7 nitrogen and oxygen atoms in total. The van der Waals surface area contributed by atoms with Crippen molar-refractivity contribution in [3.05, 3.63) is 94.9 Å². The van der Waals surface area contributed by atoms with Crippen LogP contribution in [0.25, 0.3) is 0 Å². The van der Waals surface area contributed by atoms with E-state index in [-0.39, 0.29) is 30.2 Å². The van der Waals surface area contributed by atoms with Crippen LogP contribution in [0.1, 0.15) is 50.4 Å². The number of rotatable bonds is 7. The molecule has 7 heteroatoms. The summed E-state index contributed by atoms with van der Waals surface area (Å²) >= 11 is 0. The van der Waals surface area contributed by atoms with Crippen LogP contribution in [-0.2, 0) is 11.3 Å². The van der Waals surface area contributed by atoms with Crippen molar-refractivity contribution in [2.75, 3.05) is 13.1 Å². The molecule has 0 spiro atoms. The zero-order valence-electron chi connectivity index (χ0n) is 20.1. The minimum atomic E-state index is -0.714. The fourth-order valence-electron chi connectivity index (χ4n) is 4.50. The van der Waals surface area contributed by atoms with E-state index in [1.54, 1.807) is 30.5 Å². The Hall–Kier alpha value is -3.87. The molecule has 0 saturated carbocycles. The molecule has 2 N–H and O–H groups in total. The van der Waals surface area contributed by atoms with Crippen LogP contribution in [0, 0.1) is 19.8 Å². The number of carbonyl (C=O) groups is 3. The molecule has 0 bridgehead atoms. The summed E-state index contributed by atoms with van der Waals surface area (Å²) < 4.78 is 5.32. The predicted molar refractivity (Wildman–Crippen MR) is 133 cm³/mol. The van der Waals surface area contributed by atoms with E-state index in [1.165, 1.54) is 0 Å². The number of furan rings is 1. The molecule has 182 valence electrons. The molecule has 35 heavy (non-hydrogen) atoms. The van der Waals surface area contributed by atoms with Crippen LogP contribution in [0.5, 0.6) is 0 Å². The van der Waals surface area contributed by atoms with E-state index in [1.807, 2.05) is 55.1 Å². The van der Waals surface area contributed by atoms with Crippen LogP contribution >= 0.6 is 0 Å². The maximum Gasteiger partial charge on any atom is 0.253 e. The van der Waals surface area contributed by atoms with Crippen molar-refractivity contribution in [1.29, 1.82) is 0 Å². The Morgan fingerprint density at radius 3 is 2.23 bits per heavy atom. The van der Waals surface area contributed by atoms with E-state index in [0.29, 0.717) is 42.8 Å². The van der Waals surface area contributed by atoms with Crippen LogP contribution in [-0.4, -0.2) is 41.8 Å². The molecular formula is C28H31N3O4. The first-order valence-electron chi connectivity index (χ1n) is 11.9.